The first-order valence-corrected chi connectivity index (χ1v) is 11.2. The zero-order chi connectivity index (χ0) is 22.7. The van der Waals surface area contributed by atoms with Gasteiger partial charge in [-0.3, -0.25) is 24.0 Å². The number of aromatic nitrogens is 2. The topological polar surface area (TPSA) is 108 Å². The van der Waals surface area contributed by atoms with Gasteiger partial charge in [0.1, 0.15) is 12.4 Å². The van der Waals surface area contributed by atoms with Crippen molar-refractivity contribution < 1.29 is 14.6 Å². The summed E-state index contributed by atoms with van der Waals surface area (Å²) in [5.41, 5.74) is -0.182. The molecule has 0 aliphatic carbocycles. The number of hydrogen-bond donors (Lipinski definition) is 2. The van der Waals surface area contributed by atoms with Crippen LogP contribution in [0.4, 0.5) is 0 Å². The molecule has 32 heavy (non-hydrogen) atoms. The van der Waals surface area contributed by atoms with Gasteiger partial charge in [0.05, 0.1) is 12.1 Å². The zero-order valence-electron chi connectivity index (χ0n) is 18.3. The molecule has 1 aromatic heterocycles. The summed E-state index contributed by atoms with van der Waals surface area (Å²) in [7, 11) is 0. The molecule has 2 fully saturated rings. The Balaban J connectivity index is 1.35. The molecular formula is C23H30N4O5. The third-order valence-electron chi connectivity index (χ3n) is 6.28. The third-order valence-corrected chi connectivity index (χ3v) is 6.28. The molecule has 4 rings (SSSR count). The van der Waals surface area contributed by atoms with Gasteiger partial charge in [-0.05, 0) is 57.1 Å². The highest BCUT2D eigenvalue weighted by Crippen LogP contribution is 2.23. The Kier molecular flexibility index (Phi) is 6.76. The summed E-state index contributed by atoms with van der Waals surface area (Å²) < 4.78 is 7.12. The van der Waals surface area contributed by atoms with Gasteiger partial charge in [-0.15, -0.1) is 0 Å². The maximum absolute atomic E-state index is 12.9. The maximum Gasteiger partial charge on any atom is 0.328 e. The van der Waals surface area contributed by atoms with Gasteiger partial charge >= 0.3 is 5.69 Å². The van der Waals surface area contributed by atoms with Gasteiger partial charge < -0.3 is 14.7 Å². The number of aromatic amines is 1. The minimum atomic E-state index is -0.903. The fraction of sp³-hybridized carbons (Fsp3) is 0.522. The summed E-state index contributed by atoms with van der Waals surface area (Å²) in [5.74, 6) is 0.494. The molecular weight excluding hydrogens is 412 g/mol. The molecule has 2 aromatic rings. The van der Waals surface area contributed by atoms with Crippen molar-refractivity contribution in [3.63, 3.8) is 0 Å². The molecule has 0 saturated carbocycles. The van der Waals surface area contributed by atoms with Gasteiger partial charge in [-0.25, -0.2) is 4.79 Å². The second-order valence-electron chi connectivity index (χ2n) is 8.60. The summed E-state index contributed by atoms with van der Waals surface area (Å²) in [4.78, 5) is 42.9. The number of aryl methyl sites for hydroxylation is 1. The van der Waals surface area contributed by atoms with Crippen LogP contribution >= 0.6 is 0 Å². The summed E-state index contributed by atoms with van der Waals surface area (Å²) in [5, 5.41) is 10.5. The lowest BCUT2D eigenvalue weighted by atomic mass is 10.1. The van der Waals surface area contributed by atoms with Crippen LogP contribution in [0, 0.1) is 6.92 Å². The van der Waals surface area contributed by atoms with Crippen LogP contribution in [0.2, 0.25) is 0 Å². The first kappa shape index (κ1) is 22.3. The van der Waals surface area contributed by atoms with Crippen molar-refractivity contribution >= 4 is 5.91 Å². The van der Waals surface area contributed by atoms with Gasteiger partial charge in [0, 0.05) is 37.0 Å². The lowest BCUT2D eigenvalue weighted by Gasteiger charge is -2.26. The Labute approximate surface area is 186 Å². The van der Waals surface area contributed by atoms with Crippen LogP contribution in [0.15, 0.2) is 40.1 Å². The van der Waals surface area contributed by atoms with E-state index < -0.39 is 23.4 Å². The SMILES string of the molecule is Cc1cn([C@H]2CN(C(=O)c3ccc(OCCN4CCCCC4)cc3)C[C@@H]2O)c(=O)[nH]c1=O. The van der Waals surface area contributed by atoms with Crippen LogP contribution in [0.25, 0.3) is 0 Å². The average molecular weight is 443 g/mol. The molecule has 9 heteroatoms. The molecule has 0 spiro atoms. The minimum Gasteiger partial charge on any atom is -0.492 e. The monoisotopic (exact) mass is 442 g/mol. The smallest absolute Gasteiger partial charge is 0.328 e. The van der Waals surface area contributed by atoms with E-state index >= 15 is 0 Å². The van der Waals surface area contributed by atoms with Crippen LogP contribution in [0.5, 0.6) is 5.75 Å². The largest absolute Gasteiger partial charge is 0.492 e. The minimum absolute atomic E-state index is 0.113. The number of aliphatic hydroxyl groups excluding tert-OH is 1. The number of benzene rings is 1. The van der Waals surface area contributed by atoms with Crippen molar-refractivity contribution in [3.05, 3.63) is 62.4 Å². The molecule has 0 unspecified atom stereocenters. The number of rotatable bonds is 6. The Morgan fingerprint density at radius 1 is 1.12 bits per heavy atom. The second-order valence-corrected chi connectivity index (χ2v) is 8.60. The third kappa shape index (κ3) is 4.94. The molecule has 2 saturated heterocycles. The molecule has 3 heterocycles. The standard InChI is InChI=1S/C23H30N4O5/c1-16-13-27(23(31)24-21(16)29)19-14-26(15-20(19)28)22(30)17-5-7-18(8-6-17)32-12-11-25-9-3-2-4-10-25/h5-8,13,19-20,28H,2-4,9-12,14-15H2,1H3,(H,24,29,31)/t19-,20-/m0/s1. The van der Waals surface area contributed by atoms with E-state index in [4.69, 9.17) is 4.74 Å². The number of carbonyl (C=O) groups excluding carboxylic acids is 1. The van der Waals surface area contributed by atoms with Gasteiger partial charge in [-0.2, -0.15) is 0 Å². The van der Waals surface area contributed by atoms with E-state index in [-0.39, 0.29) is 19.0 Å². The maximum atomic E-state index is 12.9. The van der Waals surface area contributed by atoms with Gasteiger partial charge in [0.25, 0.3) is 11.5 Å². The molecule has 9 nitrogen and oxygen atoms in total. The van der Waals surface area contributed by atoms with Crippen LogP contribution < -0.4 is 16.0 Å². The van der Waals surface area contributed by atoms with Crippen LogP contribution in [-0.4, -0.2) is 75.8 Å². The lowest BCUT2D eigenvalue weighted by molar-refractivity contribution is 0.0764. The zero-order valence-corrected chi connectivity index (χ0v) is 18.3. The van der Waals surface area contributed by atoms with Crippen LogP contribution in [-0.2, 0) is 0 Å². The van der Waals surface area contributed by atoms with Gasteiger partial charge in [-0.1, -0.05) is 6.42 Å². The predicted octanol–water partition coefficient (Wildman–Crippen LogP) is 0.768. The van der Waals surface area contributed by atoms with E-state index in [0.717, 1.165) is 19.6 Å². The highest BCUT2D eigenvalue weighted by atomic mass is 16.5. The number of nitrogens with one attached hydrogen (secondary N) is 1. The molecule has 0 radical (unpaired) electrons. The van der Waals surface area contributed by atoms with E-state index in [1.807, 2.05) is 0 Å². The summed E-state index contributed by atoms with van der Waals surface area (Å²) in [6.07, 6.45) is 4.33. The number of hydrogen-bond acceptors (Lipinski definition) is 6. The Hall–Kier alpha value is -2.91. The molecule has 2 aliphatic rings. The molecule has 1 amide bonds. The average Bonchev–Trinajstić information content (AvgIpc) is 3.18. The van der Waals surface area contributed by atoms with E-state index in [1.165, 1.54) is 34.9 Å². The summed E-state index contributed by atoms with van der Waals surface area (Å²) in [6.45, 7) is 5.66. The van der Waals surface area contributed by atoms with Crippen molar-refractivity contribution in [2.45, 2.75) is 38.3 Å². The molecule has 172 valence electrons. The van der Waals surface area contributed by atoms with Crippen molar-refractivity contribution in [3.8, 4) is 5.75 Å². The van der Waals surface area contributed by atoms with Gasteiger partial charge in [0.15, 0.2) is 0 Å². The number of likely N-dealkylation sites (tertiary alicyclic amines) is 2. The van der Waals surface area contributed by atoms with Gasteiger partial charge in [0.2, 0.25) is 0 Å². The number of ether oxygens (including phenoxy) is 1. The number of H-pyrrole nitrogens is 1. The molecule has 2 N–H and O–H groups in total. The Morgan fingerprint density at radius 2 is 1.84 bits per heavy atom. The molecule has 1 aromatic carbocycles. The van der Waals surface area contributed by atoms with Crippen LogP contribution in [0.1, 0.15) is 41.2 Å². The summed E-state index contributed by atoms with van der Waals surface area (Å²) >= 11 is 0. The first-order chi connectivity index (χ1) is 15.4. The van der Waals surface area contributed by atoms with Crippen LogP contribution in [0.3, 0.4) is 0 Å². The van der Waals surface area contributed by atoms with E-state index in [1.54, 1.807) is 31.2 Å². The lowest BCUT2D eigenvalue weighted by Crippen LogP contribution is -2.37. The number of piperidine rings is 1. The quantitative estimate of drug-likeness (QED) is 0.684. The molecule has 0 bridgehead atoms. The van der Waals surface area contributed by atoms with Crippen molar-refractivity contribution in [2.75, 3.05) is 39.3 Å². The number of β-amino-alcohol motifs (C(OH)–C–C–N with tert-alkyl or cyclic N) is 1. The first-order valence-electron chi connectivity index (χ1n) is 11.2. The number of carbonyl (C=O) groups is 1. The van der Waals surface area contributed by atoms with E-state index in [9.17, 15) is 19.5 Å². The fourth-order valence-electron chi connectivity index (χ4n) is 4.39. The summed E-state index contributed by atoms with van der Waals surface area (Å²) in [6, 6.07) is 6.38. The second kappa shape index (κ2) is 9.70. The van der Waals surface area contributed by atoms with Crippen molar-refractivity contribution in [2.24, 2.45) is 0 Å². The molecule has 2 aliphatic heterocycles. The molecule has 2 atom stereocenters. The fourth-order valence-corrected chi connectivity index (χ4v) is 4.39. The predicted molar refractivity (Wildman–Crippen MR) is 119 cm³/mol. The van der Waals surface area contributed by atoms with E-state index in [0.29, 0.717) is 23.5 Å². The Morgan fingerprint density at radius 3 is 2.56 bits per heavy atom. The van der Waals surface area contributed by atoms with Crippen molar-refractivity contribution in [1.29, 1.82) is 0 Å². The highest BCUT2D eigenvalue weighted by Gasteiger charge is 2.36. The number of nitrogens with zero attached hydrogens (tertiary/aromatic N) is 3. The normalized spacial score (nSPS) is 21.6. The van der Waals surface area contributed by atoms with Crippen molar-refractivity contribution in [1.82, 2.24) is 19.4 Å². The van der Waals surface area contributed by atoms with E-state index in [2.05, 4.69) is 9.88 Å². The highest BCUT2D eigenvalue weighted by molar-refractivity contribution is 5.94. The number of amides is 1. The Bertz CT molecular complexity index is 1060. The number of aliphatic hydroxyl groups is 1.